The second kappa shape index (κ2) is 7.30. The van der Waals surface area contributed by atoms with Crippen LogP contribution in [0.4, 0.5) is 0 Å². The average molecular weight is 454 g/mol. The summed E-state index contributed by atoms with van der Waals surface area (Å²) in [6.07, 6.45) is 0. The van der Waals surface area contributed by atoms with Gasteiger partial charge in [0.25, 0.3) is 0 Å². The molecule has 31 heavy (non-hydrogen) atoms. The first-order valence-electron chi connectivity index (χ1n) is 9.10. The summed E-state index contributed by atoms with van der Waals surface area (Å²) in [4.78, 5) is 32.1. The zero-order chi connectivity index (χ0) is 21.6. The van der Waals surface area contributed by atoms with Gasteiger partial charge in [0.05, 0.1) is 32.7 Å². The second-order valence-electron chi connectivity index (χ2n) is 6.69. The Labute approximate surface area is 178 Å². The van der Waals surface area contributed by atoms with Gasteiger partial charge in [-0.15, -0.1) is 11.3 Å². The van der Waals surface area contributed by atoms with Gasteiger partial charge in [-0.05, 0) is 42.5 Å². The molecule has 0 aliphatic heterocycles. The van der Waals surface area contributed by atoms with Crippen molar-refractivity contribution in [3.8, 4) is 10.8 Å². The molecule has 11 heteroatoms. The number of hydrogen-bond acceptors (Lipinski definition) is 7. The van der Waals surface area contributed by atoms with Crippen molar-refractivity contribution in [1.29, 1.82) is 0 Å². The largest absolute Gasteiger partial charge is 0.457 e. The Morgan fingerprint density at radius 2 is 1.74 bits per heavy atom. The number of aromatic nitrogens is 3. The van der Waals surface area contributed by atoms with Gasteiger partial charge in [0.2, 0.25) is 10.0 Å². The van der Waals surface area contributed by atoms with Gasteiger partial charge in [-0.1, -0.05) is 12.1 Å². The van der Waals surface area contributed by atoms with Gasteiger partial charge in [-0.25, -0.2) is 18.1 Å². The number of furan rings is 1. The number of hydrogen-bond donors (Lipinski definition) is 3. The van der Waals surface area contributed by atoms with Gasteiger partial charge < -0.3 is 14.4 Å². The molecule has 0 fully saturated rings. The fourth-order valence-electron chi connectivity index (χ4n) is 3.08. The van der Waals surface area contributed by atoms with Crippen LogP contribution in [0.1, 0.15) is 5.76 Å². The number of nitrogens with zero attached hydrogens (tertiary/aromatic N) is 1. The lowest BCUT2D eigenvalue weighted by atomic mass is 10.3. The molecular weight excluding hydrogens is 440 g/mol. The van der Waals surface area contributed by atoms with Crippen LogP contribution in [0.25, 0.3) is 32.0 Å². The molecule has 0 saturated carbocycles. The Hall–Kier alpha value is -3.54. The number of H-pyrrole nitrogens is 2. The molecule has 3 aromatic heterocycles. The van der Waals surface area contributed by atoms with E-state index in [4.69, 9.17) is 4.42 Å². The van der Waals surface area contributed by atoms with Crippen LogP contribution in [0, 0.1) is 0 Å². The molecule has 0 saturated heterocycles. The summed E-state index contributed by atoms with van der Waals surface area (Å²) in [5.74, 6) is 0.985. The van der Waals surface area contributed by atoms with E-state index in [1.807, 2.05) is 24.3 Å². The van der Waals surface area contributed by atoms with Crippen molar-refractivity contribution in [2.45, 2.75) is 11.4 Å². The molecule has 0 unspecified atom stereocenters. The number of benzene rings is 2. The maximum absolute atomic E-state index is 12.7. The Kier molecular flexibility index (Phi) is 4.58. The number of aromatic amines is 2. The van der Waals surface area contributed by atoms with E-state index in [1.165, 1.54) is 29.5 Å². The highest BCUT2D eigenvalue weighted by molar-refractivity contribution is 7.89. The molecule has 5 aromatic rings. The quantitative estimate of drug-likeness (QED) is 0.349. The topological polar surface area (TPSA) is 138 Å². The molecule has 156 valence electrons. The summed E-state index contributed by atoms with van der Waals surface area (Å²) in [6, 6.07) is 15.2. The lowest BCUT2D eigenvalue weighted by Crippen LogP contribution is -2.29. The first kappa shape index (κ1) is 19.4. The van der Waals surface area contributed by atoms with Crippen LogP contribution in [0.3, 0.4) is 0 Å². The predicted octanol–water partition coefficient (Wildman–Crippen LogP) is 2.56. The number of fused-ring (bicyclic) bond motifs is 2. The van der Waals surface area contributed by atoms with Gasteiger partial charge in [0.1, 0.15) is 5.76 Å². The SMILES string of the molecule is O=c1[nH]c2ccc(S(=O)(=O)NCc3ccc(-c4nc5ccccc5s4)o3)cc2[nH]c1=O. The van der Waals surface area contributed by atoms with Gasteiger partial charge >= 0.3 is 11.1 Å². The van der Waals surface area contributed by atoms with Crippen molar-refractivity contribution in [1.82, 2.24) is 19.7 Å². The van der Waals surface area contributed by atoms with Crippen LogP contribution in [-0.2, 0) is 16.6 Å². The Bertz CT molecular complexity index is 1630. The van der Waals surface area contributed by atoms with Crippen molar-refractivity contribution < 1.29 is 12.8 Å². The molecule has 0 aliphatic rings. The highest BCUT2D eigenvalue weighted by atomic mass is 32.2. The number of nitrogens with one attached hydrogen (secondary N) is 3. The molecule has 0 bridgehead atoms. The lowest BCUT2D eigenvalue weighted by Gasteiger charge is -2.06. The van der Waals surface area contributed by atoms with Crippen molar-refractivity contribution in [2.75, 3.05) is 0 Å². The number of rotatable bonds is 5. The third-order valence-electron chi connectivity index (χ3n) is 4.61. The van der Waals surface area contributed by atoms with E-state index >= 15 is 0 Å². The second-order valence-corrected chi connectivity index (χ2v) is 9.49. The van der Waals surface area contributed by atoms with Crippen LogP contribution >= 0.6 is 11.3 Å². The number of thiazole rings is 1. The first-order chi connectivity index (χ1) is 14.9. The van der Waals surface area contributed by atoms with E-state index in [1.54, 1.807) is 12.1 Å². The Balaban J connectivity index is 1.37. The lowest BCUT2D eigenvalue weighted by molar-refractivity contribution is 0.509. The molecule has 9 nitrogen and oxygen atoms in total. The van der Waals surface area contributed by atoms with E-state index in [2.05, 4.69) is 19.7 Å². The average Bonchev–Trinajstić information content (AvgIpc) is 3.39. The van der Waals surface area contributed by atoms with E-state index in [9.17, 15) is 18.0 Å². The number of sulfonamides is 1. The molecule has 0 spiro atoms. The fourth-order valence-corrected chi connectivity index (χ4v) is 5.02. The number of para-hydroxylation sites is 1. The highest BCUT2D eigenvalue weighted by Gasteiger charge is 2.17. The first-order valence-corrected chi connectivity index (χ1v) is 11.4. The molecule has 0 aliphatic carbocycles. The third kappa shape index (κ3) is 3.69. The molecular formula is C20H14N4O5S2. The van der Waals surface area contributed by atoms with Crippen LogP contribution in [0.15, 0.2) is 73.5 Å². The minimum absolute atomic E-state index is 0.0550. The summed E-state index contributed by atoms with van der Waals surface area (Å²) in [5, 5.41) is 0.711. The highest BCUT2D eigenvalue weighted by Crippen LogP contribution is 2.31. The summed E-state index contributed by atoms with van der Waals surface area (Å²) in [7, 11) is -3.89. The fraction of sp³-hybridized carbons (Fsp3) is 0.0500. The van der Waals surface area contributed by atoms with Crippen molar-refractivity contribution in [3.05, 3.63) is 81.1 Å². The molecule has 3 N–H and O–H groups in total. The monoisotopic (exact) mass is 454 g/mol. The van der Waals surface area contributed by atoms with Gasteiger partial charge in [-0.3, -0.25) is 9.59 Å². The zero-order valence-corrected chi connectivity index (χ0v) is 17.3. The van der Waals surface area contributed by atoms with Crippen LogP contribution < -0.4 is 15.8 Å². The minimum atomic E-state index is -3.89. The molecule has 2 aromatic carbocycles. The van der Waals surface area contributed by atoms with E-state index in [0.717, 1.165) is 10.2 Å². The standard InChI is InChI=1S/C20H14N4O5S2/c25-18-19(26)23-15-9-12(6-7-13(15)22-18)31(27,28)21-10-11-5-8-16(29-11)20-24-14-3-1-2-4-17(14)30-20/h1-9,21H,10H2,(H,22,25)(H,23,26). The van der Waals surface area contributed by atoms with Gasteiger partial charge in [0.15, 0.2) is 10.8 Å². The summed E-state index contributed by atoms with van der Waals surface area (Å²) in [6.45, 7) is -0.0621. The maximum Gasteiger partial charge on any atom is 0.314 e. The van der Waals surface area contributed by atoms with Crippen LogP contribution in [-0.4, -0.2) is 23.4 Å². The van der Waals surface area contributed by atoms with E-state index in [0.29, 0.717) is 22.0 Å². The van der Waals surface area contributed by atoms with Crippen molar-refractivity contribution >= 4 is 42.6 Å². The summed E-state index contributed by atoms with van der Waals surface area (Å²) in [5.41, 5.74) is -0.244. The molecule has 0 radical (unpaired) electrons. The normalized spacial score (nSPS) is 12.0. The maximum atomic E-state index is 12.7. The van der Waals surface area contributed by atoms with Gasteiger partial charge in [-0.2, -0.15) is 0 Å². The minimum Gasteiger partial charge on any atom is -0.457 e. The third-order valence-corrected chi connectivity index (χ3v) is 7.06. The summed E-state index contributed by atoms with van der Waals surface area (Å²) < 4.78 is 34.6. The Morgan fingerprint density at radius 3 is 2.55 bits per heavy atom. The van der Waals surface area contributed by atoms with Crippen molar-refractivity contribution in [2.24, 2.45) is 0 Å². The van der Waals surface area contributed by atoms with Crippen LogP contribution in [0.5, 0.6) is 0 Å². The smallest absolute Gasteiger partial charge is 0.314 e. The molecule has 0 amide bonds. The van der Waals surface area contributed by atoms with Gasteiger partial charge in [0, 0.05) is 0 Å². The Morgan fingerprint density at radius 1 is 0.968 bits per heavy atom. The zero-order valence-electron chi connectivity index (χ0n) is 15.7. The molecule has 5 rings (SSSR count). The molecule has 0 atom stereocenters. The molecule has 3 heterocycles. The van der Waals surface area contributed by atoms with Crippen LogP contribution in [0.2, 0.25) is 0 Å². The van der Waals surface area contributed by atoms with Crippen molar-refractivity contribution in [3.63, 3.8) is 0 Å². The summed E-state index contributed by atoms with van der Waals surface area (Å²) >= 11 is 1.49. The van der Waals surface area contributed by atoms with E-state index < -0.39 is 21.1 Å². The van der Waals surface area contributed by atoms with E-state index in [-0.39, 0.29) is 17.0 Å². The predicted molar refractivity (Wildman–Crippen MR) is 117 cm³/mol.